The van der Waals surface area contributed by atoms with Crippen LogP contribution in [0.4, 0.5) is 0 Å². The summed E-state index contributed by atoms with van der Waals surface area (Å²) in [6, 6.07) is 8.88. The van der Waals surface area contributed by atoms with Gasteiger partial charge in [-0.3, -0.25) is 4.79 Å². The van der Waals surface area contributed by atoms with Crippen LogP contribution in [0.1, 0.15) is 43.7 Å². The van der Waals surface area contributed by atoms with Gasteiger partial charge < -0.3 is 10.6 Å². The van der Waals surface area contributed by atoms with E-state index in [9.17, 15) is 13.2 Å². The molecule has 3 atom stereocenters. The van der Waals surface area contributed by atoms with Crippen molar-refractivity contribution in [2.45, 2.75) is 49.4 Å². The molecule has 1 aromatic rings. The lowest BCUT2D eigenvalue weighted by Crippen LogP contribution is -2.49. The molecule has 0 spiro atoms. The third-order valence-electron chi connectivity index (χ3n) is 4.73. The Morgan fingerprint density at radius 1 is 1.25 bits per heavy atom. The summed E-state index contributed by atoms with van der Waals surface area (Å²) in [7, 11) is -1.46. The van der Waals surface area contributed by atoms with E-state index in [4.69, 9.17) is 5.73 Å². The number of nitrogens with two attached hydrogens (primary N) is 1. The largest absolute Gasteiger partial charge is 0.341 e. The van der Waals surface area contributed by atoms with Gasteiger partial charge in [-0.05, 0) is 18.4 Å². The van der Waals surface area contributed by atoms with Crippen LogP contribution >= 0.6 is 12.4 Å². The van der Waals surface area contributed by atoms with E-state index in [-0.39, 0.29) is 36.8 Å². The first-order chi connectivity index (χ1) is 10.8. The Morgan fingerprint density at radius 2 is 1.83 bits per heavy atom. The summed E-state index contributed by atoms with van der Waals surface area (Å²) in [5.41, 5.74) is 7.03. The number of nitrogens with zero attached hydrogens (tertiary/aromatic N) is 1. The molecule has 1 aliphatic carbocycles. The molecule has 1 aromatic carbocycles. The van der Waals surface area contributed by atoms with E-state index in [1.165, 1.54) is 6.26 Å². The lowest BCUT2D eigenvalue weighted by molar-refractivity contribution is -0.132. The molecule has 136 valence electrons. The number of carbonyl (C=O) groups excluding carboxylic acids is 1. The fourth-order valence-electron chi connectivity index (χ4n) is 3.35. The summed E-state index contributed by atoms with van der Waals surface area (Å²) in [6.07, 6.45) is 4.68. The van der Waals surface area contributed by atoms with Gasteiger partial charge in [-0.25, -0.2) is 8.42 Å². The lowest BCUT2D eigenvalue weighted by Gasteiger charge is -2.37. The SMILES string of the molecule is CN(C(=O)CC(N)c1ccccc1)C1CCCCC1S(C)(=O)=O.Cl. The molecule has 1 aliphatic rings. The van der Waals surface area contributed by atoms with Crippen LogP contribution in [-0.4, -0.2) is 43.8 Å². The Bertz CT molecular complexity index is 636. The third kappa shape index (κ3) is 5.19. The molecule has 0 aromatic heterocycles. The number of hydrogen-bond acceptors (Lipinski definition) is 4. The summed E-state index contributed by atoms with van der Waals surface area (Å²) in [6.45, 7) is 0. The maximum atomic E-state index is 12.5. The summed E-state index contributed by atoms with van der Waals surface area (Å²) in [5, 5.41) is -0.460. The van der Waals surface area contributed by atoms with E-state index < -0.39 is 15.1 Å². The number of carbonyl (C=O) groups is 1. The number of benzene rings is 1. The van der Waals surface area contributed by atoms with Gasteiger partial charge in [-0.2, -0.15) is 0 Å². The van der Waals surface area contributed by atoms with E-state index in [0.717, 1.165) is 24.8 Å². The highest BCUT2D eigenvalue weighted by molar-refractivity contribution is 7.91. The number of halogens is 1. The molecule has 0 radical (unpaired) electrons. The molecule has 5 nitrogen and oxygen atoms in total. The monoisotopic (exact) mass is 374 g/mol. The van der Waals surface area contributed by atoms with Crippen LogP contribution in [0.25, 0.3) is 0 Å². The van der Waals surface area contributed by atoms with E-state index >= 15 is 0 Å². The van der Waals surface area contributed by atoms with E-state index in [1.807, 2.05) is 30.3 Å². The Hall–Kier alpha value is -1.11. The molecule has 1 saturated carbocycles. The van der Waals surface area contributed by atoms with Crippen molar-refractivity contribution in [2.24, 2.45) is 5.73 Å². The van der Waals surface area contributed by atoms with E-state index in [2.05, 4.69) is 0 Å². The summed E-state index contributed by atoms with van der Waals surface area (Å²) < 4.78 is 24.0. The Morgan fingerprint density at radius 3 is 2.42 bits per heavy atom. The van der Waals surface area contributed by atoms with Gasteiger partial charge in [0.1, 0.15) is 0 Å². The Kier molecular flexibility index (Phi) is 7.70. The second-order valence-corrected chi connectivity index (χ2v) is 8.71. The molecule has 24 heavy (non-hydrogen) atoms. The van der Waals surface area contributed by atoms with Gasteiger partial charge in [0.05, 0.1) is 5.25 Å². The fourth-order valence-corrected chi connectivity index (χ4v) is 4.84. The Labute approximate surface area is 150 Å². The van der Waals surface area contributed by atoms with Crippen molar-refractivity contribution in [1.82, 2.24) is 4.90 Å². The van der Waals surface area contributed by atoms with Crippen LogP contribution in [0.3, 0.4) is 0 Å². The van der Waals surface area contributed by atoms with Gasteiger partial charge in [0.15, 0.2) is 9.84 Å². The molecular formula is C17H27ClN2O3S. The van der Waals surface area contributed by atoms with Crippen molar-refractivity contribution in [3.63, 3.8) is 0 Å². The number of rotatable bonds is 5. The van der Waals surface area contributed by atoms with E-state index in [1.54, 1.807) is 11.9 Å². The lowest BCUT2D eigenvalue weighted by atomic mass is 9.93. The number of hydrogen-bond donors (Lipinski definition) is 1. The van der Waals surface area contributed by atoms with Crippen LogP contribution in [0, 0.1) is 0 Å². The highest BCUT2D eigenvalue weighted by Crippen LogP contribution is 2.28. The number of amides is 1. The zero-order valence-corrected chi connectivity index (χ0v) is 15.9. The van der Waals surface area contributed by atoms with E-state index in [0.29, 0.717) is 6.42 Å². The van der Waals surface area contributed by atoms with Gasteiger partial charge in [0.2, 0.25) is 5.91 Å². The van der Waals surface area contributed by atoms with Gasteiger partial charge in [0.25, 0.3) is 0 Å². The zero-order valence-electron chi connectivity index (χ0n) is 14.2. The first-order valence-corrected chi connectivity index (χ1v) is 10.0. The predicted octanol–water partition coefficient (Wildman–Crippen LogP) is 2.31. The fraction of sp³-hybridized carbons (Fsp3) is 0.588. The van der Waals surface area contributed by atoms with Crippen LogP contribution in [0.2, 0.25) is 0 Å². The summed E-state index contributed by atoms with van der Waals surface area (Å²) >= 11 is 0. The van der Waals surface area contributed by atoms with Gasteiger partial charge >= 0.3 is 0 Å². The molecule has 2 rings (SSSR count). The molecule has 7 heteroatoms. The highest BCUT2D eigenvalue weighted by Gasteiger charge is 2.37. The molecule has 0 aliphatic heterocycles. The molecule has 0 bridgehead atoms. The molecule has 3 unspecified atom stereocenters. The van der Waals surface area contributed by atoms with Crippen molar-refractivity contribution in [3.8, 4) is 0 Å². The molecular weight excluding hydrogens is 348 g/mol. The quantitative estimate of drug-likeness (QED) is 0.857. The average molecular weight is 375 g/mol. The van der Waals surface area contributed by atoms with Crippen molar-refractivity contribution in [2.75, 3.05) is 13.3 Å². The van der Waals surface area contributed by atoms with Crippen LogP contribution in [0.15, 0.2) is 30.3 Å². The zero-order chi connectivity index (χ0) is 17.0. The highest BCUT2D eigenvalue weighted by atomic mass is 35.5. The summed E-state index contributed by atoms with van der Waals surface area (Å²) in [4.78, 5) is 14.2. The van der Waals surface area contributed by atoms with Crippen molar-refractivity contribution in [3.05, 3.63) is 35.9 Å². The van der Waals surface area contributed by atoms with Crippen LogP contribution < -0.4 is 5.73 Å². The normalized spacial score (nSPS) is 22.3. The minimum atomic E-state index is -3.16. The molecule has 2 N–H and O–H groups in total. The van der Waals surface area contributed by atoms with Crippen LogP contribution in [0.5, 0.6) is 0 Å². The molecule has 0 heterocycles. The number of sulfone groups is 1. The van der Waals surface area contributed by atoms with Gasteiger partial charge in [0, 0.05) is 31.8 Å². The average Bonchev–Trinajstić information content (AvgIpc) is 2.54. The smallest absolute Gasteiger partial charge is 0.224 e. The molecule has 1 fully saturated rings. The maximum absolute atomic E-state index is 12.5. The standard InChI is InChI=1S/C17H26N2O3S.ClH/c1-19(15-10-6-7-11-16(15)23(2,21)22)17(20)12-14(18)13-8-4-3-5-9-13;/h3-5,8-9,14-16H,6-7,10-12,18H2,1-2H3;1H. The minimum absolute atomic E-state index is 0. The van der Waals surface area contributed by atoms with Crippen molar-refractivity contribution >= 4 is 28.2 Å². The Balaban J connectivity index is 0.00000288. The van der Waals surface area contributed by atoms with Crippen molar-refractivity contribution in [1.29, 1.82) is 0 Å². The second-order valence-electron chi connectivity index (χ2n) is 6.45. The topological polar surface area (TPSA) is 80.5 Å². The predicted molar refractivity (Wildman–Crippen MR) is 98.9 cm³/mol. The minimum Gasteiger partial charge on any atom is -0.341 e. The third-order valence-corrected chi connectivity index (χ3v) is 6.38. The summed E-state index contributed by atoms with van der Waals surface area (Å²) in [5.74, 6) is -0.0955. The van der Waals surface area contributed by atoms with Gasteiger partial charge in [-0.1, -0.05) is 43.2 Å². The van der Waals surface area contributed by atoms with Crippen LogP contribution in [-0.2, 0) is 14.6 Å². The first-order valence-electron chi connectivity index (χ1n) is 8.05. The first kappa shape index (κ1) is 20.9. The second kappa shape index (κ2) is 8.83. The van der Waals surface area contributed by atoms with Gasteiger partial charge in [-0.15, -0.1) is 12.4 Å². The molecule has 0 saturated heterocycles. The van der Waals surface area contributed by atoms with Crippen molar-refractivity contribution < 1.29 is 13.2 Å². The maximum Gasteiger partial charge on any atom is 0.224 e. The molecule has 1 amide bonds.